The zero-order chi connectivity index (χ0) is 26.7. The third-order valence-electron chi connectivity index (χ3n) is 8.57. The van der Waals surface area contributed by atoms with Crippen molar-refractivity contribution in [3.8, 4) is 22.3 Å². The van der Waals surface area contributed by atoms with Crippen molar-refractivity contribution in [1.82, 2.24) is 0 Å². The summed E-state index contributed by atoms with van der Waals surface area (Å²) in [6.07, 6.45) is 2.38. The second kappa shape index (κ2) is 9.05. The van der Waals surface area contributed by atoms with Crippen LogP contribution < -0.4 is 0 Å². The number of rotatable bonds is 3. The zero-order valence-corrected chi connectivity index (χ0v) is 23.4. The molecular formula is C39H25Br. The van der Waals surface area contributed by atoms with E-state index in [1.165, 1.54) is 66.8 Å². The molecule has 6 aromatic rings. The molecule has 188 valence electrons. The molecule has 2 aliphatic carbocycles. The van der Waals surface area contributed by atoms with Crippen LogP contribution in [0.1, 0.15) is 38.9 Å². The number of benzene rings is 6. The van der Waals surface area contributed by atoms with Crippen molar-refractivity contribution in [2.75, 3.05) is 0 Å². The Hall–Kier alpha value is -4.46. The molecule has 1 unspecified atom stereocenters. The Morgan fingerprint density at radius 1 is 0.425 bits per heavy atom. The van der Waals surface area contributed by atoms with Crippen molar-refractivity contribution >= 4 is 27.6 Å². The summed E-state index contributed by atoms with van der Waals surface area (Å²) >= 11 is 3.78. The second-order valence-corrected chi connectivity index (χ2v) is 11.5. The predicted octanol–water partition coefficient (Wildman–Crippen LogP) is 10.4. The molecule has 0 bridgehead atoms. The van der Waals surface area contributed by atoms with Gasteiger partial charge in [-0.3, -0.25) is 0 Å². The van der Waals surface area contributed by atoms with Gasteiger partial charge in [0.1, 0.15) is 0 Å². The van der Waals surface area contributed by atoms with Crippen molar-refractivity contribution in [2.45, 2.75) is 5.41 Å². The van der Waals surface area contributed by atoms with E-state index in [0.717, 1.165) is 4.47 Å². The average Bonchev–Trinajstić information content (AvgIpc) is 3.48. The van der Waals surface area contributed by atoms with Crippen molar-refractivity contribution in [1.29, 1.82) is 0 Å². The molecule has 2 aliphatic rings. The summed E-state index contributed by atoms with van der Waals surface area (Å²) in [4.78, 5) is 0. The molecule has 0 heterocycles. The standard InChI is InChI=1S/C39H25Br/c40-29-14-10-13-28(25-29)39(27-11-2-1-3-12-27)37-20-9-8-19-34(37)35-22-21-26(24-38(35)39)23-36-32-17-6-4-15-30(32)31-16-5-7-18-33(31)36/h1-25H. The summed E-state index contributed by atoms with van der Waals surface area (Å²) < 4.78 is 1.09. The van der Waals surface area contributed by atoms with Gasteiger partial charge in [0, 0.05) is 4.47 Å². The van der Waals surface area contributed by atoms with E-state index in [2.05, 4.69) is 168 Å². The van der Waals surface area contributed by atoms with Crippen LogP contribution in [0.4, 0.5) is 0 Å². The maximum Gasteiger partial charge on any atom is 0.0714 e. The Labute approximate surface area is 243 Å². The first-order valence-corrected chi connectivity index (χ1v) is 14.5. The van der Waals surface area contributed by atoms with Gasteiger partial charge in [0.05, 0.1) is 5.41 Å². The van der Waals surface area contributed by atoms with E-state index >= 15 is 0 Å². The molecule has 0 aromatic heterocycles. The van der Waals surface area contributed by atoms with E-state index in [1.54, 1.807) is 0 Å². The van der Waals surface area contributed by atoms with Crippen LogP contribution in [0, 0.1) is 0 Å². The Kier molecular flexibility index (Phi) is 5.30. The van der Waals surface area contributed by atoms with Gasteiger partial charge in [-0.15, -0.1) is 0 Å². The molecule has 40 heavy (non-hydrogen) atoms. The number of fused-ring (bicyclic) bond motifs is 6. The molecule has 0 nitrogen and oxygen atoms in total. The number of hydrogen-bond acceptors (Lipinski definition) is 0. The Morgan fingerprint density at radius 3 is 1.70 bits per heavy atom. The molecule has 1 atom stereocenters. The lowest BCUT2D eigenvalue weighted by atomic mass is 9.67. The summed E-state index contributed by atoms with van der Waals surface area (Å²) in [6, 6.07) is 53.3. The molecule has 0 amide bonds. The first kappa shape index (κ1) is 23.4. The lowest BCUT2D eigenvalue weighted by Crippen LogP contribution is -2.28. The van der Waals surface area contributed by atoms with E-state index in [9.17, 15) is 0 Å². The smallest absolute Gasteiger partial charge is 0.0622 e. The molecule has 0 aliphatic heterocycles. The summed E-state index contributed by atoms with van der Waals surface area (Å²) in [6.45, 7) is 0. The van der Waals surface area contributed by atoms with Crippen LogP contribution in [0.2, 0.25) is 0 Å². The predicted molar refractivity (Wildman–Crippen MR) is 170 cm³/mol. The fourth-order valence-electron chi connectivity index (χ4n) is 6.96. The molecule has 0 spiro atoms. The van der Waals surface area contributed by atoms with Crippen molar-refractivity contribution in [3.63, 3.8) is 0 Å². The monoisotopic (exact) mass is 572 g/mol. The Balaban J connectivity index is 1.42. The minimum absolute atomic E-state index is 0.420. The lowest BCUT2D eigenvalue weighted by molar-refractivity contribution is 0.767. The molecule has 0 fully saturated rings. The van der Waals surface area contributed by atoms with Crippen LogP contribution in [0.15, 0.2) is 150 Å². The maximum absolute atomic E-state index is 3.78. The van der Waals surface area contributed by atoms with E-state index in [1.807, 2.05) is 0 Å². The lowest BCUT2D eigenvalue weighted by Gasteiger charge is -2.34. The minimum Gasteiger partial charge on any atom is -0.0622 e. The normalized spacial score (nSPS) is 16.2. The van der Waals surface area contributed by atoms with Gasteiger partial charge in [-0.25, -0.2) is 0 Å². The summed E-state index contributed by atoms with van der Waals surface area (Å²) in [5.74, 6) is 0. The van der Waals surface area contributed by atoms with Crippen LogP contribution in [-0.2, 0) is 5.41 Å². The summed E-state index contributed by atoms with van der Waals surface area (Å²) in [5, 5.41) is 0. The minimum atomic E-state index is -0.420. The zero-order valence-electron chi connectivity index (χ0n) is 21.8. The highest BCUT2D eigenvalue weighted by atomic mass is 79.9. The van der Waals surface area contributed by atoms with Gasteiger partial charge in [0.25, 0.3) is 0 Å². The molecule has 0 N–H and O–H groups in total. The maximum atomic E-state index is 3.78. The highest BCUT2D eigenvalue weighted by Crippen LogP contribution is 2.56. The van der Waals surface area contributed by atoms with Gasteiger partial charge in [-0.2, -0.15) is 0 Å². The molecule has 1 heteroatoms. The third-order valence-corrected chi connectivity index (χ3v) is 9.06. The van der Waals surface area contributed by atoms with Crippen LogP contribution in [0.3, 0.4) is 0 Å². The SMILES string of the molecule is Brc1cccc(C2(c3ccccc3)c3ccccc3-c3ccc(C=C4c5ccccc5-c5ccccc54)cc32)c1. The van der Waals surface area contributed by atoms with Crippen molar-refractivity contribution in [2.24, 2.45) is 0 Å². The topological polar surface area (TPSA) is 0 Å². The van der Waals surface area contributed by atoms with Crippen LogP contribution in [0.5, 0.6) is 0 Å². The van der Waals surface area contributed by atoms with Gasteiger partial charge in [-0.1, -0.05) is 143 Å². The highest BCUT2D eigenvalue weighted by Gasteiger charge is 2.46. The Bertz CT molecular complexity index is 1920. The average molecular weight is 574 g/mol. The number of hydrogen-bond donors (Lipinski definition) is 0. The van der Waals surface area contributed by atoms with E-state index < -0.39 is 5.41 Å². The molecule has 8 rings (SSSR count). The summed E-state index contributed by atoms with van der Waals surface area (Å²) in [5.41, 5.74) is 15.1. The van der Waals surface area contributed by atoms with Crippen molar-refractivity contribution < 1.29 is 0 Å². The fourth-order valence-corrected chi connectivity index (χ4v) is 7.36. The number of halogens is 1. The first-order valence-electron chi connectivity index (χ1n) is 13.7. The largest absolute Gasteiger partial charge is 0.0714 e. The molecular weight excluding hydrogens is 548 g/mol. The molecule has 6 aromatic carbocycles. The quantitative estimate of drug-likeness (QED) is 0.197. The molecule has 0 saturated carbocycles. The van der Waals surface area contributed by atoms with E-state index in [-0.39, 0.29) is 0 Å². The highest BCUT2D eigenvalue weighted by molar-refractivity contribution is 9.10. The third kappa shape index (κ3) is 3.31. The Morgan fingerprint density at radius 2 is 1.00 bits per heavy atom. The van der Waals surface area contributed by atoms with Gasteiger partial charge in [-0.05, 0) is 91.0 Å². The van der Waals surface area contributed by atoms with Crippen molar-refractivity contribution in [3.05, 3.63) is 189 Å². The first-order chi connectivity index (χ1) is 19.7. The molecule has 0 radical (unpaired) electrons. The fraction of sp³-hybridized carbons (Fsp3) is 0.0256. The van der Waals surface area contributed by atoms with Gasteiger partial charge < -0.3 is 0 Å². The van der Waals surface area contributed by atoms with Crippen LogP contribution in [0.25, 0.3) is 33.9 Å². The van der Waals surface area contributed by atoms with Gasteiger partial charge in [0.2, 0.25) is 0 Å². The molecule has 0 saturated heterocycles. The van der Waals surface area contributed by atoms with Gasteiger partial charge >= 0.3 is 0 Å². The van der Waals surface area contributed by atoms with Crippen LogP contribution in [-0.4, -0.2) is 0 Å². The second-order valence-electron chi connectivity index (χ2n) is 10.6. The van der Waals surface area contributed by atoms with E-state index in [4.69, 9.17) is 0 Å². The van der Waals surface area contributed by atoms with Gasteiger partial charge in [0.15, 0.2) is 0 Å². The summed E-state index contributed by atoms with van der Waals surface area (Å²) in [7, 11) is 0. The van der Waals surface area contributed by atoms with E-state index in [0.29, 0.717) is 0 Å². The van der Waals surface area contributed by atoms with Crippen LogP contribution >= 0.6 is 15.9 Å².